The number of alkyl halides is 3. The molecule has 0 saturated carbocycles. The van der Waals surface area contributed by atoms with Gasteiger partial charge in [0, 0.05) is 18.4 Å². The molecule has 24 heavy (non-hydrogen) atoms. The Bertz CT molecular complexity index is 801. The minimum absolute atomic E-state index is 0.0547. The molecule has 0 aliphatic carbocycles. The number of nitrogens with zero attached hydrogens (tertiary/aromatic N) is 3. The molecule has 2 heterocycles. The molecule has 1 aromatic carbocycles. The monoisotopic (exact) mass is 339 g/mol. The molecular weight excluding hydrogens is 327 g/mol. The molecule has 0 saturated heterocycles. The highest BCUT2D eigenvalue weighted by molar-refractivity contribution is 5.98. The average Bonchev–Trinajstić information content (AvgIpc) is 3.11. The van der Waals surface area contributed by atoms with Gasteiger partial charge in [0.2, 0.25) is 5.91 Å². The normalized spacial score (nSPS) is 17.0. The summed E-state index contributed by atoms with van der Waals surface area (Å²) in [5, 5.41) is 12.6. The molecule has 1 aromatic heterocycles. The number of hydrogen-bond donors (Lipinski definition) is 1. The molecule has 126 valence electrons. The van der Waals surface area contributed by atoms with Gasteiger partial charge < -0.3 is 10.0 Å². The minimum atomic E-state index is -4.58. The summed E-state index contributed by atoms with van der Waals surface area (Å²) in [7, 11) is 0. The van der Waals surface area contributed by atoms with Gasteiger partial charge in [-0.1, -0.05) is 18.2 Å². The lowest BCUT2D eigenvalue weighted by atomic mass is 10.0. The summed E-state index contributed by atoms with van der Waals surface area (Å²) in [6.07, 6.45) is -3.51. The number of benzene rings is 1. The Balaban J connectivity index is 1.81. The average molecular weight is 339 g/mol. The Morgan fingerprint density at radius 3 is 2.58 bits per heavy atom. The van der Waals surface area contributed by atoms with Gasteiger partial charge in [-0.15, -0.1) is 0 Å². The van der Waals surface area contributed by atoms with Gasteiger partial charge in [-0.3, -0.25) is 14.3 Å². The van der Waals surface area contributed by atoms with Gasteiger partial charge >= 0.3 is 12.1 Å². The van der Waals surface area contributed by atoms with Crippen molar-refractivity contribution in [2.75, 3.05) is 11.4 Å². The van der Waals surface area contributed by atoms with Gasteiger partial charge in [0.1, 0.15) is 12.5 Å². The number of aliphatic carboxylic acids is 1. The van der Waals surface area contributed by atoms with Crippen LogP contribution < -0.4 is 4.90 Å². The fourth-order valence-electron chi connectivity index (χ4n) is 2.68. The largest absolute Gasteiger partial charge is 0.481 e. The van der Waals surface area contributed by atoms with E-state index in [1.54, 1.807) is 24.3 Å². The Kier molecular flexibility index (Phi) is 3.78. The number of hydrogen-bond acceptors (Lipinski definition) is 3. The first-order valence-corrected chi connectivity index (χ1v) is 7.00. The van der Waals surface area contributed by atoms with Crippen LogP contribution in [0.4, 0.5) is 18.9 Å². The molecule has 0 spiro atoms. The van der Waals surface area contributed by atoms with E-state index in [9.17, 15) is 27.9 Å². The fourth-order valence-corrected chi connectivity index (χ4v) is 2.68. The van der Waals surface area contributed by atoms with Crippen molar-refractivity contribution in [3.05, 3.63) is 47.8 Å². The lowest BCUT2D eigenvalue weighted by Gasteiger charge is -2.17. The molecule has 6 nitrogen and oxygen atoms in total. The number of fused-ring (bicyclic) bond motifs is 1. The van der Waals surface area contributed by atoms with Gasteiger partial charge in [-0.2, -0.15) is 18.3 Å². The zero-order chi connectivity index (χ0) is 17.5. The summed E-state index contributed by atoms with van der Waals surface area (Å²) >= 11 is 0. The highest BCUT2D eigenvalue weighted by Crippen LogP contribution is 2.36. The Labute approximate surface area is 134 Å². The van der Waals surface area contributed by atoms with E-state index in [0.717, 1.165) is 16.9 Å². The van der Waals surface area contributed by atoms with Gasteiger partial charge in [-0.25, -0.2) is 0 Å². The number of halogens is 3. The Morgan fingerprint density at radius 1 is 1.25 bits per heavy atom. The van der Waals surface area contributed by atoms with Crippen LogP contribution in [0.15, 0.2) is 36.5 Å². The number of carboxylic acid groups (broad SMARTS) is 1. The minimum Gasteiger partial charge on any atom is -0.481 e. The van der Waals surface area contributed by atoms with Crippen LogP contribution >= 0.6 is 0 Å². The first-order chi connectivity index (χ1) is 11.3. The van der Waals surface area contributed by atoms with Crippen molar-refractivity contribution in [1.29, 1.82) is 0 Å². The van der Waals surface area contributed by atoms with Crippen LogP contribution in [0.25, 0.3) is 0 Å². The third-order valence-corrected chi connectivity index (χ3v) is 3.80. The number of anilines is 1. The molecule has 1 unspecified atom stereocenters. The fraction of sp³-hybridized carbons (Fsp3) is 0.267. The molecule has 1 N–H and O–H groups in total. The number of carboxylic acids is 1. The second-order valence-electron chi connectivity index (χ2n) is 5.35. The van der Waals surface area contributed by atoms with Crippen molar-refractivity contribution in [2.24, 2.45) is 0 Å². The number of para-hydroxylation sites is 1. The SMILES string of the molecule is O=C(O)C1CN(C(=O)Cn2ccc(C(F)(F)F)n2)c2ccccc21. The smallest absolute Gasteiger partial charge is 0.435 e. The molecule has 2 aromatic rings. The van der Waals surface area contributed by atoms with Crippen LogP contribution in [0.3, 0.4) is 0 Å². The highest BCUT2D eigenvalue weighted by atomic mass is 19.4. The second-order valence-corrected chi connectivity index (χ2v) is 5.35. The topological polar surface area (TPSA) is 75.4 Å². The number of carbonyl (C=O) groups is 2. The van der Waals surface area contributed by atoms with E-state index in [-0.39, 0.29) is 6.54 Å². The quantitative estimate of drug-likeness (QED) is 0.929. The molecule has 0 fully saturated rings. The number of aromatic nitrogens is 2. The maximum atomic E-state index is 12.5. The van der Waals surface area contributed by atoms with Crippen LogP contribution in [0.2, 0.25) is 0 Å². The summed E-state index contributed by atoms with van der Waals surface area (Å²) in [5.41, 5.74) is -0.117. The maximum absolute atomic E-state index is 12.5. The summed E-state index contributed by atoms with van der Waals surface area (Å²) in [4.78, 5) is 25.0. The van der Waals surface area contributed by atoms with Crippen LogP contribution in [0.5, 0.6) is 0 Å². The van der Waals surface area contributed by atoms with Crippen molar-refractivity contribution in [3.8, 4) is 0 Å². The molecule has 9 heteroatoms. The molecular formula is C15H12F3N3O3. The molecule has 3 rings (SSSR count). The van der Waals surface area contributed by atoms with Crippen molar-refractivity contribution >= 4 is 17.6 Å². The predicted octanol–water partition coefficient (Wildman–Crippen LogP) is 2.12. The lowest BCUT2D eigenvalue weighted by Crippen LogP contribution is -2.34. The first kappa shape index (κ1) is 16.0. The van der Waals surface area contributed by atoms with Crippen molar-refractivity contribution in [2.45, 2.75) is 18.6 Å². The van der Waals surface area contributed by atoms with Crippen molar-refractivity contribution in [1.82, 2.24) is 9.78 Å². The van der Waals surface area contributed by atoms with E-state index < -0.39 is 36.2 Å². The van der Waals surface area contributed by atoms with E-state index in [4.69, 9.17) is 0 Å². The van der Waals surface area contributed by atoms with Crippen molar-refractivity contribution < 1.29 is 27.9 Å². The van der Waals surface area contributed by atoms with Crippen molar-refractivity contribution in [3.63, 3.8) is 0 Å². The number of amides is 1. The van der Waals surface area contributed by atoms with E-state index in [2.05, 4.69) is 5.10 Å². The third kappa shape index (κ3) is 2.84. The predicted molar refractivity (Wildman–Crippen MR) is 76.4 cm³/mol. The summed E-state index contributed by atoms with van der Waals surface area (Å²) in [6, 6.07) is 7.35. The van der Waals surface area contributed by atoms with Crippen LogP contribution in [0, 0.1) is 0 Å². The highest BCUT2D eigenvalue weighted by Gasteiger charge is 2.37. The molecule has 1 atom stereocenters. The molecule has 1 aliphatic heterocycles. The van der Waals surface area contributed by atoms with Crippen LogP contribution in [-0.4, -0.2) is 33.3 Å². The van der Waals surface area contributed by atoms with Crippen LogP contribution in [-0.2, 0) is 22.3 Å². The standard InChI is InChI=1S/C15H12F3N3O3/c16-15(17,18)12-5-6-20(19-12)8-13(22)21-7-10(14(23)24)9-3-1-2-4-11(9)21/h1-6,10H,7-8H2,(H,23,24). The summed E-state index contributed by atoms with van der Waals surface area (Å²) < 4.78 is 38.5. The second kappa shape index (κ2) is 5.66. The number of rotatable bonds is 3. The van der Waals surface area contributed by atoms with E-state index in [1.807, 2.05) is 0 Å². The van der Waals surface area contributed by atoms with Gasteiger partial charge in [0.15, 0.2) is 5.69 Å². The van der Waals surface area contributed by atoms with Crippen LogP contribution in [0.1, 0.15) is 17.2 Å². The van der Waals surface area contributed by atoms with Gasteiger partial charge in [-0.05, 0) is 17.7 Å². The third-order valence-electron chi connectivity index (χ3n) is 3.80. The van der Waals surface area contributed by atoms with Gasteiger partial charge in [0.05, 0.1) is 0 Å². The Morgan fingerprint density at radius 2 is 1.96 bits per heavy atom. The zero-order valence-corrected chi connectivity index (χ0v) is 12.2. The number of carbonyl (C=O) groups excluding carboxylic acids is 1. The molecule has 0 bridgehead atoms. The molecule has 1 aliphatic rings. The van der Waals surface area contributed by atoms with E-state index >= 15 is 0 Å². The van der Waals surface area contributed by atoms with E-state index in [1.165, 1.54) is 4.90 Å². The first-order valence-electron chi connectivity index (χ1n) is 7.00. The Hall–Kier alpha value is -2.84. The maximum Gasteiger partial charge on any atom is 0.435 e. The lowest BCUT2D eigenvalue weighted by molar-refractivity contribution is -0.142. The summed E-state index contributed by atoms with van der Waals surface area (Å²) in [6.45, 7) is -0.461. The zero-order valence-electron chi connectivity index (χ0n) is 12.2. The summed E-state index contributed by atoms with van der Waals surface area (Å²) in [5.74, 6) is -2.44. The molecule has 1 amide bonds. The van der Waals surface area contributed by atoms with E-state index in [0.29, 0.717) is 11.3 Å². The van der Waals surface area contributed by atoms with Gasteiger partial charge in [0.25, 0.3) is 0 Å². The molecule has 0 radical (unpaired) electrons.